The Bertz CT molecular complexity index is 700. The van der Waals surface area contributed by atoms with Crippen LogP contribution in [-0.4, -0.2) is 37.8 Å². The van der Waals surface area contributed by atoms with Crippen molar-refractivity contribution in [2.45, 2.75) is 55.9 Å². The van der Waals surface area contributed by atoms with Gasteiger partial charge in [0.1, 0.15) is 0 Å². The maximum Gasteiger partial charge on any atom is 0.243 e. The van der Waals surface area contributed by atoms with Crippen LogP contribution in [0.25, 0.3) is 0 Å². The second-order valence-corrected chi connectivity index (χ2v) is 9.85. The van der Waals surface area contributed by atoms with Crippen LogP contribution in [0.5, 0.6) is 0 Å². The van der Waals surface area contributed by atoms with Crippen molar-refractivity contribution in [1.29, 1.82) is 0 Å². The van der Waals surface area contributed by atoms with Gasteiger partial charge in [-0.2, -0.15) is 4.31 Å². The quantitative estimate of drug-likeness (QED) is 0.799. The highest BCUT2D eigenvalue weighted by Crippen LogP contribution is 2.25. The fourth-order valence-corrected chi connectivity index (χ4v) is 5.48. The van der Waals surface area contributed by atoms with E-state index < -0.39 is 10.0 Å². The average Bonchev–Trinajstić information content (AvgIpc) is 2.63. The van der Waals surface area contributed by atoms with Gasteiger partial charge in [-0.1, -0.05) is 35.2 Å². The third-order valence-corrected chi connectivity index (χ3v) is 7.57. The second-order valence-electron chi connectivity index (χ2n) is 7.00. The summed E-state index contributed by atoms with van der Waals surface area (Å²) >= 11 is 3.32. The topological polar surface area (TPSA) is 66.5 Å². The minimum absolute atomic E-state index is 0.0163. The lowest BCUT2D eigenvalue weighted by Gasteiger charge is -2.32. The van der Waals surface area contributed by atoms with E-state index in [0.29, 0.717) is 6.54 Å². The summed E-state index contributed by atoms with van der Waals surface area (Å²) in [6.45, 7) is 0.753. The number of carbonyl (C=O) groups excluding carboxylic acids is 1. The lowest BCUT2D eigenvalue weighted by atomic mass is 9.93. The minimum atomic E-state index is -3.55. The number of rotatable bonds is 4. The molecule has 1 N–H and O–H groups in total. The van der Waals surface area contributed by atoms with E-state index in [0.717, 1.165) is 30.2 Å². The van der Waals surface area contributed by atoms with Gasteiger partial charge in [0.2, 0.25) is 15.9 Å². The van der Waals surface area contributed by atoms with Gasteiger partial charge in [-0.05, 0) is 49.9 Å². The number of sulfonamides is 1. The number of hydrogen-bond donors (Lipinski definition) is 1. The molecule has 1 heterocycles. The summed E-state index contributed by atoms with van der Waals surface area (Å²) in [5.74, 6) is -0.233. The number of nitrogens with one attached hydrogen (secondary N) is 1. The van der Waals surface area contributed by atoms with Crippen molar-refractivity contribution < 1.29 is 13.2 Å². The van der Waals surface area contributed by atoms with Gasteiger partial charge < -0.3 is 5.32 Å². The highest BCUT2D eigenvalue weighted by Gasteiger charge is 2.34. The van der Waals surface area contributed by atoms with Crippen molar-refractivity contribution in [2.75, 3.05) is 13.1 Å². The first kappa shape index (κ1) is 18.9. The molecule has 5 nitrogen and oxygen atoms in total. The van der Waals surface area contributed by atoms with Crippen molar-refractivity contribution >= 4 is 31.9 Å². The Labute approximate surface area is 158 Å². The van der Waals surface area contributed by atoms with Gasteiger partial charge >= 0.3 is 0 Å². The van der Waals surface area contributed by atoms with Gasteiger partial charge in [-0.3, -0.25) is 4.79 Å². The van der Waals surface area contributed by atoms with Crippen LogP contribution in [0.1, 0.15) is 44.9 Å². The number of nitrogens with zero attached hydrogens (tertiary/aromatic N) is 1. The molecule has 3 rings (SSSR count). The lowest BCUT2D eigenvalue weighted by molar-refractivity contribution is -0.127. The number of halogens is 1. The van der Waals surface area contributed by atoms with Crippen molar-refractivity contribution in [3.63, 3.8) is 0 Å². The number of benzene rings is 1. The van der Waals surface area contributed by atoms with Gasteiger partial charge in [0.05, 0.1) is 10.8 Å². The summed E-state index contributed by atoms with van der Waals surface area (Å²) < 4.78 is 28.0. The summed E-state index contributed by atoms with van der Waals surface area (Å²) in [7, 11) is -3.55. The Hall–Kier alpha value is -0.920. The molecular weight excluding hydrogens is 404 g/mol. The Morgan fingerprint density at radius 2 is 1.72 bits per heavy atom. The molecule has 1 saturated carbocycles. The fraction of sp³-hybridized carbons (Fsp3) is 0.611. The van der Waals surface area contributed by atoms with E-state index in [1.54, 1.807) is 24.3 Å². The third kappa shape index (κ3) is 4.63. The zero-order valence-electron chi connectivity index (χ0n) is 14.3. The summed E-state index contributed by atoms with van der Waals surface area (Å²) in [4.78, 5) is 12.9. The maximum atomic E-state index is 12.8. The molecule has 7 heteroatoms. The van der Waals surface area contributed by atoms with Crippen LogP contribution in [0.2, 0.25) is 0 Å². The molecule has 25 heavy (non-hydrogen) atoms. The van der Waals surface area contributed by atoms with Gasteiger partial charge in [-0.25, -0.2) is 8.42 Å². The Kier molecular flexibility index (Phi) is 6.17. The van der Waals surface area contributed by atoms with Crippen LogP contribution in [0.15, 0.2) is 33.6 Å². The molecule has 1 unspecified atom stereocenters. The molecule has 1 atom stereocenters. The van der Waals surface area contributed by atoms with E-state index in [4.69, 9.17) is 0 Å². The number of amides is 1. The molecule has 1 aromatic carbocycles. The molecule has 2 fully saturated rings. The predicted molar refractivity (Wildman–Crippen MR) is 101 cm³/mol. The molecule has 1 aromatic rings. The molecule has 0 aromatic heterocycles. The van der Waals surface area contributed by atoms with Gasteiger partial charge in [0.25, 0.3) is 0 Å². The van der Waals surface area contributed by atoms with Gasteiger partial charge in [-0.15, -0.1) is 0 Å². The number of piperidine rings is 1. The number of carbonyl (C=O) groups is 1. The Morgan fingerprint density at radius 1 is 1.04 bits per heavy atom. The average molecular weight is 429 g/mol. The summed E-state index contributed by atoms with van der Waals surface area (Å²) in [5.41, 5.74) is 0. The predicted octanol–water partition coefficient (Wildman–Crippen LogP) is 3.30. The van der Waals surface area contributed by atoms with E-state index in [1.807, 2.05) is 0 Å². The summed E-state index contributed by atoms with van der Waals surface area (Å²) in [6.07, 6.45) is 7.14. The van der Waals surface area contributed by atoms with E-state index in [1.165, 1.54) is 23.6 Å². The van der Waals surface area contributed by atoms with Crippen molar-refractivity contribution in [2.24, 2.45) is 5.92 Å². The van der Waals surface area contributed by atoms with Gasteiger partial charge in [0, 0.05) is 23.6 Å². The van der Waals surface area contributed by atoms with Crippen molar-refractivity contribution in [1.82, 2.24) is 9.62 Å². The molecule has 138 valence electrons. The zero-order valence-corrected chi connectivity index (χ0v) is 16.7. The van der Waals surface area contributed by atoms with Gasteiger partial charge in [0.15, 0.2) is 0 Å². The van der Waals surface area contributed by atoms with Crippen molar-refractivity contribution in [3.05, 3.63) is 28.7 Å². The largest absolute Gasteiger partial charge is 0.353 e. The van der Waals surface area contributed by atoms with E-state index in [2.05, 4.69) is 21.2 Å². The van der Waals surface area contributed by atoms with Crippen LogP contribution in [0.3, 0.4) is 0 Å². The molecule has 1 amide bonds. The van der Waals surface area contributed by atoms with Crippen molar-refractivity contribution in [3.8, 4) is 0 Å². The maximum absolute atomic E-state index is 12.8. The minimum Gasteiger partial charge on any atom is -0.353 e. The van der Waals surface area contributed by atoms with Crippen LogP contribution < -0.4 is 5.32 Å². The fourth-order valence-electron chi connectivity index (χ4n) is 3.70. The molecule has 0 spiro atoms. The Morgan fingerprint density at radius 3 is 2.40 bits per heavy atom. The standard InChI is InChI=1S/C18H25BrN2O3S/c19-15-8-10-17(11-9-15)25(23,24)21-12-4-5-14(13-21)18(22)20-16-6-2-1-3-7-16/h8-11,14,16H,1-7,12-13H2,(H,20,22). The molecule has 0 bridgehead atoms. The normalized spacial score (nSPS) is 23.3. The molecule has 0 radical (unpaired) electrons. The smallest absolute Gasteiger partial charge is 0.243 e. The first-order chi connectivity index (χ1) is 12.0. The summed E-state index contributed by atoms with van der Waals surface area (Å²) in [6, 6.07) is 6.92. The van der Waals surface area contributed by atoms with Crippen LogP contribution in [-0.2, 0) is 14.8 Å². The molecular formula is C18H25BrN2O3S. The summed E-state index contributed by atoms with van der Waals surface area (Å²) in [5, 5.41) is 3.14. The first-order valence-electron chi connectivity index (χ1n) is 9.03. The second kappa shape index (κ2) is 8.18. The highest BCUT2D eigenvalue weighted by molar-refractivity contribution is 9.10. The van der Waals surface area contributed by atoms with Crippen LogP contribution >= 0.6 is 15.9 Å². The third-order valence-electron chi connectivity index (χ3n) is 5.16. The monoisotopic (exact) mass is 428 g/mol. The Balaban J connectivity index is 1.65. The van der Waals surface area contributed by atoms with Crippen LogP contribution in [0.4, 0.5) is 0 Å². The van der Waals surface area contributed by atoms with E-state index in [9.17, 15) is 13.2 Å². The molecule has 1 aliphatic carbocycles. The SMILES string of the molecule is O=C(NC1CCCCC1)C1CCCN(S(=O)(=O)c2ccc(Br)cc2)C1. The molecule has 1 aliphatic heterocycles. The lowest BCUT2D eigenvalue weighted by Crippen LogP contribution is -2.47. The molecule has 1 saturated heterocycles. The van der Waals surface area contributed by atoms with Crippen LogP contribution in [0, 0.1) is 5.92 Å². The van der Waals surface area contributed by atoms with E-state index in [-0.39, 0.29) is 29.3 Å². The molecule has 2 aliphatic rings. The zero-order chi connectivity index (χ0) is 17.9. The highest BCUT2D eigenvalue weighted by atomic mass is 79.9. The van der Waals surface area contributed by atoms with E-state index >= 15 is 0 Å². The first-order valence-corrected chi connectivity index (χ1v) is 11.3. The number of hydrogen-bond acceptors (Lipinski definition) is 3.